The molecule has 1 unspecified atom stereocenters. The van der Waals surface area contributed by atoms with E-state index in [9.17, 15) is 4.79 Å². The maximum atomic E-state index is 12.6. The lowest BCUT2D eigenvalue weighted by Gasteiger charge is -2.32. The Morgan fingerprint density at radius 1 is 1.17 bits per heavy atom. The van der Waals surface area contributed by atoms with Crippen LogP contribution >= 0.6 is 0 Å². The Morgan fingerprint density at radius 3 is 2.61 bits per heavy atom. The molecule has 4 nitrogen and oxygen atoms in total. The third-order valence-electron chi connectivity index (χ3n) is 4.25. The second-order valence-electron chi connectivity index (χ2n) is 6.16. The molecule has 0 bridgehead atoms. The first-order valence-electron chi connectivity index (χ1n) is 8.02. The molecule has 0 aliphatic carbocycles. The molecular weight excluding hydrogens is 286 g/mol. The van der Waals surface area contributed by atoms with Crippen molar-refractivity contribution in [3.05, 3.63) is 66.0 Å². The minimum Gasteiger partial charge on any atom is -0.267 e. The fourth-order valence-electron chi connectivity index (χ4n) is 2.97. The van der Waals surface area contributed by atoms with Gasteiger partial charge >= 0.3 is 0 Å². The van der Waals surface area contributed by atoms with Crippen LogP contribution in [0, 0.1) is 11.8 Å². The summed E-state index contributed by atoms with van der Waals surface area (Å²) in [5.74, 6) is 0.772. The summed E-state index contributed by atoms with van der Waals surface area (Å²) >= 11 is 0. The molecule has 0 radical (unpaired) electrons. The highest BCUT2D eigenvalue weighted by atomic mass is 16.2. The number of pyridine rings is 1. The smallest absolute Gasteiger partial charge is 0.267 e. The first-order valence-corrected chi connectivity index (χ1v) is 8.02. The molecular formula is C19H21N3O. The molecule has 2 heterocycles. The molecule has 0 saturated carbocycles. The zero-order valence-corrected chi connectivity index (χ0v) is 13.5. The topological polar surface area (TPSA) is 45.6 Å². The summed E-state index contributed by atoms with van der Waals surface area (Å²) in [5, 5.41) is 6.29. The number of nitrogens with zero attached hydrogens (tertiary/aromatic N) is 3. The van der Waals surface area contributed by atoms with Gasteiger partial charge in [0.15, 0.2) is 0 Å². The van der Waals surface area contributed by atoms with Gasteiger partial charge in [-0.15, -0.1) is 0 Å². The van der Waals surface area contributed by atoms with Crippen LogP contribution in [0.1, 0.15) is 36.2 Å². The highest BCUT2D eigenvalue weighted by Crippen LogP contribution is 2.27. The average Bonchev–Trinajstić information content (AvgIpc) is 2.62. The molecule has 2 aromatic rings. The number of hydrogen-bond donors (Lipinski definition) is 0. The standard InChI is InChI=1S/C19H21N3O/c1-14(2)17-10-12-22(19(23)16-9-6-11-20-13-16)21-18(17)15-7-4-3-5-8-15/h3-9,11,13-14,17H,10,12H2,1-2H3. The average molecular weight is 307 g/mol. The van der Waals surface area contributed by atoms with E-state index in [1.807, 2.05) is 18.2 Å². The van der Waals surface area contributed by atoms with Gasteiger partial charge in [0.25, 0.3) is 5.91 Å². The van der Waals surface area contributed by atoms with Crippen molar-refractivity contribution in [1.82, 2.24) is 9.99 Å². The third-order valence-corrected chi connectivity index (χ3v) is 4.25. The molecule has 118 valence electrons. The number of amides is 1. The van der Waals surface area contributed by atoms with Gasteiger partial charge in [0.2, 0.25) is 0 Å². The van der Waals surface area contributed by atoms with E-state index in [-0.39, 0.29) is 5.91 Å². The Hall–Kier alpha value is -2.49. The van der Waals surface area contributed by atoms with E-state index < -0.39 is 0 Å². The molecule has 1 aliphatic heterocycles. The fraction of sp³-hybridized carbons (Fsp3) is 0.316. The number of benzene rings is 1. The summed E-state index contributed by atoms with van der Waals surface area (Å²) in [7, 11) is 0. The van der Waals surface area contributed by atoms with Crippen LogP contribution in [0.5, 0.6) is 0 Å². The highest BCUT2D eigenvalue weighted by molar-refractivity contribution is 6.04. The Morgan fingerprint density at radius 2 is 1.96 bits per heavy atom. The van der Waals surface area contributed by atoms with Crippen LogP contribution in [0.4, 0.5) is 0 Å². The lowest BCUT2D eigenvalue weighted by molar-refractivity contribution is 0.0736. The van der Waals surface area contributed by atoms with E-state index in [2.05, 4.69) is 31.0 Å². The Kier molecular flexibility index (Phi) is 4.51. The van der Waals surface area contributed by atoms with Crippen LogP contribution in [-0.2, 0) is 0 Å². The Balaban J connectivity index is 1.95. The summed E-state index contributed by atoms with van der Waals surface area (Å²) in [4.78, 5) is 16.7. The summed E-state index contributed by atoms with van der Waals surface area (Å²) in [6.07, 6.45) is 4.19. The van der Waals surface area contributed by atoms with Gasteiger partial charge in [-0.05, 0) is 30.0 Å². The summed E-state index contributed by atoms with van der Waals surface area (Å²) in [6, 6.07) is 13.7. The summed E-state index contributed by atoms with van der Waals surface area (Å²) < 4.78 is 0. The van der Waals surface area contributed by atoms with E-state index in [1.54, 1.807) is 29.5 Å². The van der Waals surface area contributed by atoms with E-state index in [0.29, 0.717) is 23.9 Å². The zero-order chi connectivity index (χ0) is 16.2. The van der Waals surface area contributed by atoms with Gasteiger partial charge in [-0.25, -0.2) is 5.01 Å². The van der Waals surface area contributed by atoms with Crippen molar-refractivity contribution in [1.29, 1.82) is 0 Å². The van der Waals surface area contributed by atoms with Gasteiger partial charge in [-0.2, -0.15) is 5.10 Å². The maximum absolute atomic E-state index is 12.6. The molecule has 0 fully saturated rings. The third kappa shape index (κ3) is 3.31. The minimum atomic E-state index is -0.0891. The van der Waals surface area contributed by atoms with Crippen molar-refractivity contribution in [3.8, 4) is 0 Å². The van der Waals surface area contributed by atoms with Crippen LogP contribution in [-0.4, -0.2) is 28.2 Å². The number of carbonyl (C=O) groups excluding carboxylic acids is 1. The molecule has 0 spiro atoms. The number of hydrazone groups is 1. The Labute approximate surface area is 136 Å². The normalized spacial score (nSPS) is 18.0. The van der Waals surface area contributed by atoms with Gasteiger partial charge < -0.3 is 0 Å². The van der Waals surface area contributed by atoms with Crippen LogP contribution in [0.2, 0.25) is 0 Å². The monoisotopic (exact) mass is 307 g/mol. The molecule has 1 amide bonds. The predicted molar refractivity (Wildman–Crippen MR) is 91.2 cm³/mol. The summed E-state index contributed by atoms with van der Waals surface area (Å²) in [6.45, 7) is 5.07. The van der Waals surface area contributed by atoms with Crippen molar-refractivity contribution in [2.75, 3.05) is 6.54 Å². The molecule has 0 N–H and O–H groups in total. The van der Waals surface area contributed by atoms with E-state index in [1.165, 1.54) is 0 Å². The molecule has 1 atom stereocenters. The van der Waals surface area contributed by atoms with Crippen molar-refractivity contribution >= 4 is 11.6 Å². The van der Waals surface area contributed by atoms with Crippen molar-refractivity contribution in [2.24, 2.45) is 16.9 Å². The van der Waals surface area contributed by atoms with E-state index >= 15 is 0 Å². The van der Waals surface area contributed by atoms with Crippen molar-refractivity contribution in [3.63, 3.8) is 0 Å². The molecule has 23 heavy (non-hydrogen) atoms. The second-order valence-corrected chi connectivity index (χ2v) is 6.16. The number of hydrogen-bond acceptors (Lipinski definition) is 3. The molecule has 4 heteroatoms. The predicted octanol–water partition coefficient (Wildman–Crippen LogP) is 3.60. The maximum Gasteiger partial charge on any atom is 0.275 e. The number of aromatic nitrogens is 1. The summed E-state index contributed by atoms with van der Waals surface area (Å²) in [5.41, 5.74) is 2.67. The minimum absolute atomic E-state index is 0.0891. The zero-order valence-electron chi connectivity index (χ0n) is 13.5. The number of rotatable bonds is 3. The van der Waals surface area contributed by atoms with Gasteiger partial charge in [0.05, 0.1) is 11.3 Å². The number of carbonyl (C=O) groups is 1. The quantitative estimate of drug-likeness (QED) is 0.869. The van der Waals surface area contributed by atoms with Gasteiger partial charge in [0.1, 0.15) is 0 Å². The second kappa shape index (κ2) is 6.73. The fourth-order valence-corrected chi connectivity index (χ4v) is 2.97. The molecule has 1 aliphatic rings. The van der Waals surface area contributed by atoms with E-state index in [4.69, 9.17) is 5.10 Å². The SMILES string of the molecule is CC(C)C1CCN(C(=O)c2cccnc2)N=C1c1ccccc1. The molecule has 1 aromatic heterocycles. The Bertz CT molecular complexity index is 695. The van der Waals surface area contributed by atoms with Crippen LogP contribution in [0.3, 0.4) is 0 Å². The van der Waals surface area contributed by atoms with Gasteiger partial charge in [0, 0.05) is 24.9 Å². The lowest BCUT2D eigenvalue weighted by Crippen LogP contribution is -2.38. The molecule has 3 rings (SSSR count). The molecule has 0 saturated heterocycles. The highest BCUT2D eigenvalue weighted by Gasteiger charge is 2.29. The first kappa shape index (κ1) is 15.4. The van der Waals surface area contributed by atoms with E-state index in [0.717, 1.165) is 17.7 Å². The first-order chi connectivity index (χ1) is 11.2. The van der Waals surface area contributed by atoms with Crippen LogP contribution in [0.15, 0.2) is 60.0 Å². The lowest BCUT2D eigenvalue weighted by atomic mass is 9.84. The van der Waals surface area contributed by atoms with Crippen LogP contribution < -0.4 is 0 Å². The van der Waals surface area contributed by atoms with Gasteiger partial charge in [-0.1, -0.05) is 44.2 Å². The van der Waals surface area contributed by atoms with Crippen LogP contribution in [0.25, 0.3) is 0 Å². The largest absolute Gasteiger partial charge is 0.275 e. The van der Waals surface area contributed by atoms with Crippen molar-refractivity contribution < 1.29 is 4.79 Å². The van der Waals surface area contributed by atoms with Crippen molar-refractivity contribution in [2.45, 2.75) is 20.3 Å². The van der Waals surface area contributed by atoms with Gasteiger partial charge in [-0.3, -0.25) is 9.78 Å². The molecule has 1 aromatic carbocycles.